The molecule has 2 rings (SSSR count). The average Bonchev–Trinajstić information content (AvgIpc) is 2.38. The maximum absolute atomic E-state index is 13.0. The van der Waals surface area contributed by atoms with Crippen LogP contribution in [0.15, 0.2) is 42.5 Å². The molecule has 0 aliphatic heterocycles. The van der Waals surface area contributed by atoms with Crippen molar-refractivity contribution in [3.63, 3.8) is 0 Å². The molecule has 2 aromatic rings. The van der Waals surface area contributed by atoms with E-state index < -0.39 is 11.6 Å². The molecule has 0 aromatic heterocycles. The summed E-state index contributed by atoms with van der Waals surface area (Å²) in [6, 6.07) is 11.1. The zero-order chi connectivity index (χ0) is 13.7. The maximum Gasteiger partial charge on any atom is 0.126 e. The third kappa shape index (κ3) is 4.03. The molecular formula is C15H15F2NO. The molecule has 0 saturated heterocycles. The quantitative estimate of drug-likeness (QED) is 0.894. The maximum atomic E-state index is 13.0. The molecule has 100 valence electrons. The molecule has 0 saturated carbocycles. The highest BCUT2D eigenvalue weighted by atomic mass is 19.1. The first-order valence-electron chi connectivity index (χ1n) is 5.96. The van der Waals surface area contributed by atoms with Gasteiger partial charge in [0, 0.05) is 19.2 Å². The van der Waals surface area contributed by atoms with E-state index in [1.807, 2.05) is 24.3 Å². The lowest BCUT2D eigenvalue weighted by atomic mass is 10.2. The van der Waals surface area contributed by atoms with E-state index in [4.69, 9.17) is 4.74 Å². The summed E-state index contributed by atoms with van der Waals surface area (Å²) < 4.78 is 31.0. The zero-order valence-corrected chi connectivity index (χ0v) is 10.6. The Morgan fingerprint density at radius 2 is 1.47 bits per heavy atom. The molecule has 2 nitrogen and oxygen atoms in total. The first-order chi connectivity index (χ1) is 9.17. The van der Waals surface area contributed by atoms with Gasteiger partial charge in [-0.2, -0.15) is 0 Å². The number of methoxy groups -OCH3 is 1. The van der Waals surface area contributed by atoms with Gasteiger partial charge < -0.3 is 10.1 Å². The molecule has 0 aliphatic rings. The highest BCUT2D eigenvalue weighted by Gasteiger charge is 2.00. The van der Waals surface area contributed by atoms with E-state index in [0.717, 1.165) is 17.4 Å². The van der Waals surface area contributed by atoms with Crippen LogP contribution in [0, 0.1) is 11.6 Å². The van der Waals surface area contributed by atoms with E-state index in [9.17, 15) is 8.78 Å². The molecule has 0 atom stereocenters. The Morgan fingerprint density at radius 1 is 0.895 bits per heavy atom. The van der Waals surface area contributed by atoms with E-state index in [1.54, 1.807) is 7.11 Å². The van der Waals surface area contributed by atoms with Crippen LogP contribution < -0.4 is 10.1 Å². The van der Waals surface area contributed by atoms with Crippen LogP contribution >= 0.6 is 0 Å². The van der Waals surface area contributed by atoms with Crippen LogP contribution in [0.25, 0.3) is 0 Å². The molecule has 19 heavy (non-hydrogen) atoms. The van der Waals surface area contributed by atoms with Gasteiger partial charge in [0.15, 0.2) is 0 Å². The van der Waals surface area contributed by atoms with Crippen LogP contribution in [-0.4, -0.2) is 7.11 Å². The fourth-order valence-corrected chi connectivity index (χ4v) is 1.81. The van der Waals surface area contributed by atoms with E-state index in [-0.39, 0.29) is 0 Å². The van der Waals surface area contributed by atoms with Gasteiger partial charge in [-0.05, 0) is 35.4 Å². The van der Waals surface area contributed by atoms with E-state index in [2.05, 4.69) is 5.32 Å². The van der Waals surface area contributed by atoms with Crippen molar-refractivity contribution in [1.29, 1.82) is 0 Å². The number of hydrogen-bond donors (Lipinski definition) is 1. The van der Waals surface area contributed by atoms with Crippen molar-refractivity contribution >= 4 is 0 Å². The van der Waals surface area contributed by atoms with Gasteiger partial charge in [-0.25, -0.2) is 8.78 Å². The Hall–Kier alpha value is -1.94. The van der Waals surface area contributed by atoms with Gasteiger partial charge in [-0.15, -0.1) is 0 Å². The molecular weight excluding hydrogens is 248 g/mol. The minimum Gasteiger partial charge on any atom is -0.497 e. The van der Waals surface area contributed by atoms with Gasteiger partial charge in [0.25, 0.3) is 0 Å². The third-order valence-corrected chi connectivity index (χ3v) is 2.74. The minimum atomic E-state index is -0.554. The molecule has 4 heteroatoms. The Balaban J connectivity index is 1.88. The second-order valence-electron chi connectivity index (χ2n) is 4.23. The van der Waals surface area contributed by atoms with Gasteiger partial charge in [-0.3, -0.25) is 0 Å². The Labute approximate surface area is 111 Å². The van der Waals surface area contributed by atoms with Crippen LogP contribution in [0.3, 0.4) is 0 Å². The van der Waals surface area contributed by atoms with Crippen molar-refractivity contribution in [2.75, 3.05) is 7.11 Å². The van der Waals surface area contributed by atoms with Crippen molar-refractivity contribution in [2.24, 2.45) is 0 Å². The first kappa shape index (κ1) is 13.5. The van der Waals surface area contributed by atoms with E-state index in [1.165, 1.54) is 12.1 Å². The van der Waals surface area contributed by atoms with Gasteiger partial charge in [0.05, 0.1) is 7.11 Å². The minimum absolute atomic E-state index is 0.417. The summed E-state index contributed by atoms with van der Waals surface area (Å²) in [6.45, 7) is 1.04. The Kier molecular flexibility index (Phi) is 4.47. The summed E-state index contributed by atoms with van der Waals surface area (Å²) >= 11 is 0. The topological polar surface area (TPSA) is 21.3 Å². The average molecular weight is 263 g/mol. The van der Waals surface area contributed by atoms with Crippen LogP contribution in [0.5, 0.6) is 5.75 Å². The number of nitrogens with one attached hydrogen (secondary N) is 1. The lowest BCUT2D eigenvalue weighted by Crippen LogP contribution is -2.12. The van der Waals surface area contributed by atoms with Crippen LogP contribution in [0.2, 0.25) is 0 Å². The van der Waals surface area contributed by atoms with Crippen molar-refractivity contribution in [2.45, 2.75) is 13.1 Å². The number of hydrogen-bond acceptors (Lipinski definition) is 2. The monoisotopic (exact) mass is 263 g/mol. The second kappa shape index (κ2) is 6.29. The van der Waals surface area contributed by atoms with Gasteiger partial charge in [-0.1, -0.05) is 12.1 Å². The van der Waals surface area contributed by atoms with Crippen LogP contribution in [0.4, 0.5) is 8.78 Å². The fourth-order valence-electron chi connectivity index (χ4n) is 1.81. The highest BCUT2D eigenvalue weighted by molar-refractivity contribution is 5.27. The lowest BCUT2D eigenvalue weighted by Gasteiger charge is -2.06. The molecule has 0 spiro atoms. The fraction of sp³-hybridized carbons (Fsp3) is 0.200. The molecule has 0 aliphatic carbocycles. The normalized spacial score (nSPS) is 10.5. The molecule has 2 aromatic carbocycles. The van der Waals surface area contributed by atoms with E-state index in [0.29, 0.717) is 18.7 Å². The molecule has 0 radical (unpaired) electrons. The predicted octanol–water partition coefficient (Wildman–Crippen LogP) is 3.26. The highest BCUT2D eigenvalue weighted by Crippen LogP contribution is 2.11. The summed E-state index contributed by atoms with van der Waals surface area (Å²) in [5.41, 5.74) is 1.67. The number of rotatable bonds is 5. The van der Waals surface area contributed by atoms with Crippen molar-refractivity contribution in [1.82, 2.24) is 5.32 Å². The predicted molar refractivity (Wildman–Crippen MR) is 69.9 cm³/mol. The Morgan fingerprint density at radius 3 is 2.05 bits per heavy atom. The summed E-state index contributed by atoms with van der Waals surface area (Å²) in [4.78, 5) is 0. The van der Waals surface area contributed by atoms with E-state index >= 15 is 0 Å². The van der Waals surface area contributed by atoms with Gasteiger partial charge in [0.1, 0.15) is 17.4 Å². The largest absolute Gasteiger partial charge is 0.497 e. The summed E-state index contributed by atoms with van der Waals surface area (Å²) in [5, 5.41) is 3.14. The summed E-state index contributed by atoms with van der Waals surface area (Å²) in [6.07, 6.45) is 0. The SMILES string of the molecule is COc1ccc(CNCc2cc(F)cc(F)c2)cc1. The molecule has 0 unspecified atom stereocenters. The number of halogens is 2. The smallest absolute Gasteiger partial charge is 0.126 e. The molecule has 1 N–H and O–H groups in total. The lowest BCUT2D eigenvalue weighted by molar-refractivity contribution is 0.414. The van der Waals surface area contributed by atoms with Crippen LogP contribution in [-0.2, 0) is 13.1 Å². The van der Waals surface area contributed by atoms with Gasteiger partial charge >= 0.3 is 0 Å². The Bertz CT molecular complexity index is 520. The van der Waals surface area contributed by atoms with Gasteiger partial charge in [0.2, 0.25) is 0 Å². The standard InChI is InChI=1S/C15H15F2NO/c1-19-15-4-2-11(3-5-15)9-18-10-12-6-13(16)8-14(17)7-12/h2-8,18H,9-10H2,1H3. The summed E-state index contributed by atoms with van der Waals surface area (Å²) in [7, 11) is 1.62. The van der Waals surface area contributed by atoms with Crippen molar-refractivity contribution in [3.05, 3.63) is 65.2 Å². The van der Waals surface area contributed by atoms with Crippen molar-refractivity contribution in [3.8, 4) is 5.75 Å². The first-order valence-corrected chi connectivity index (χ1v) is 5.96. The molecule has 0 bridgehead atoms. The third-order valence-electron chi connectivity index (χ3n) is 2.74. The van der Waals surface area contributed by atoms with Crippen LogP contribution in [0.1, 0.15) is 11.1 Å². The number of ether oxygens (including phenoxy) is 1. The molecule has 0 amide bonds. The molecule has 0 fully saturated rings. The van der Waals surface area contributed by atoms with Crippen molar-refractivity contribution < 1.29 is 13.5 Å². The zero-order valence-electron chi connectivity index (χ0n) is 10.6. The molecule has 0 heterocycles. The second-order valence-corrected chi connectivity index (χ2v) is 4.23. The number of benzene rings is 2. The summed E-state index contributed by atoms with van der Waals surface area (Å²) in [5.74, 6) is -0.307.